The Balaban J connectivity index is 2.76. The molecule has 0 saturated carbocycles. The van der Waals surface area contributed by atoms with Crippen molar-refractivity contribution in [1.82, 2.24) is 5.32 Å². The molecule has 19 heavy (non-hydrogen) atoms. The summed E-state index contributed by atoms with van der Waals surface area (Å²) in [5, 5.41) is 4.80. The van der Waals surface area contributed by atoms with E-state index in [-0.39, 0.29) is 23.8 Å². The number of benzene rings is 1. The molecular weight excluding hydrogens is 281 g/mol. The van der Waals surface area contributed by atoms with E-state index in [4.69, 9.17) is 18.0 Å². The predicted molar refractivity (Wildman–Crippen MR) is 66.8 cm³/mol. The van der Waals surface area contributed by atoms with Crippen LogP contribution in [0.4, 0.5) is 18.9 Å². The van der Waals surface area contributed by atoms with Crippen molar-refractivity contribution in [3.05, 3.63) is 28.8 Å². The highest BCUT2D eigenvalue weighted by Crippen LogP contribution is 2.33. The van der Waals surface area contributed by atoms with E-state index in [9.17, 15) is 18.0 Å². The van der Waals surface area contributed by atoms with E-state index in [2.05, 4.69) is 16.6 Å². The van der Waals surface area contributed by atoms with Crippen LogP contribution >= 0.6 is 11.6 Å². The highest BCUT2D eigenvalue weighted by molar-refractivity contribution is 6.31. The number of hydrogen-bond donors (Lipinski definition) is 2. The quantitative estimate of drug-likeness (QED) is 0.661. The highest BCUT2D eigenvalue weighted by atomic mass is 35.5. The van der Waals surface area contributed by atoms with Gasteiger partial charge in [0.25, 0.3) is 0 Å². The average molecular weight is 291 g/mol. The molecule has 0 aliphatic heterocycles. The van der Waals surface area contributed by atoms with Gasteiger partial charge in [-0.25, -0.2) is 0 Å². The molecule has 1 aromatic carbocycles. The smallest absolute Gasteiger partial charge is 0.325 e. The molecule has 0 fully saturated rings. The van der Waals surface area contributed by atoms with Crippen LogP contribution in [0.1, 0.15) is 5.56 Å². The lowest BCUT2D eigenvalue weighted by Gasteiger charge is -2.11. The van der Waals surface area contributed by atoms with Gasteiger partial charge in [-0.2, -0.15) is 13.2 Å². The molecule has 0 spiro atoms. The summed E-state index contributed by atoms with van der Waals surface area (Å²) in [6.07, 6.45) is 0.447. The van der Waals surface area contributed by atoms with Gasteiger partial charge in [0.2, 0.25) is 5.91 Å². The summed E-state index contributed by atoms with van der Waals surface area (Å²) in [5.74, 6) is 1.76. The second-order valence-corrected chi connectivity index (χ2v) is 4.02. The molecular formula is C12H10ClF3N2O. The second-order valence-electron chi connectivity index (χ2n) is 3.58. The third kappa shape index (κ3) is 5.20. The molecule has 1 aromatic rings. The van der Waals surface area contributed by atoms with E-state index in [1.165, 1.54) is 6.07 Å². The number of nitrogens with one attached hydrogen (secondary N) is 2. The fraction of sp³-hybridized carbons (Fsp3) is 0.250. The minimum absolute atomic E-state index is 0.0210. The Bertz CT molecular complexity index is 509. The number of alkyl halides is 3. The lowest BCUT2D eigenvalue weighted by molar-refractivity contribution is -0.137. The molecule has 3 nitrogen and oxygen atoms in total. The van der Waals surface area contributed by atoms with Crippen LogP contribution < -0.4 is 10.6 Å². The maximum atomic E-state index is 12.5. The lowest BCUT2D eigenvalue weighted by atomic mass is 10.2. The number of hydrogen-bond acceptors (Lipinski definition) is 2. The van der Waals surface area contributed by atoms with Gasteiger partial charge in [-0.3, -0.25) is 10.1 Å². The Labute approximate surface area is 113 Å². The lowest BCUT2D eigenvalue weighted by Crippen LogP contribution is -2.28. The van der Waals surface area contributed by atoms with Crippen LogP contribution in [0.5, 0.6) is 0 Å². The fourth-order valence-electron chi connectivity index (χ4n) is 1.28. The third-order valence-corrected chi connectivity index (χ3v) is 2.24. The molecule has 0 aromatic heterocycles. The van der Waals surface area contributed by atoms with E-state index in [1.807, 2.05) is 0 Å². The highest BCUT2D eigenvalue weighted by Gasteiger charge is 2.31. The topological polar surface area (TPSA) is 41.1 Å². The van der Waals surface area contributed by atoms with Crippen molar-refractivity contribution in [2.75, 3.05) is 18.4 Å². The SMILES string of the molecule is C#CCNCC(=O)Nc1cc(Cl)cc(C(F)(F)F)c1. The summed E-state index contributed by atoms with van der Waals surface area (Å²) in [7, 11) is 0. The zero-order valence-electron chi connectivity index (χ0n) is 9.64. The Morgan fingerprint density at radius 1 is 1.37 bits per heavy atom. The first-order valence-corrected chi connectivity index (χ1v) is 5.52. The van der Waals surface area contributed by atoms with Crippen molar-refractivity contribution < 1.29 is 18.0 Å². The molecule has 0 radical (unpaired) electrons. The number of terminal acetylenes is 1. The summed E-state index contributed by atoms with van der Waals surface area (Å²) < 4.78 is 37.6. The maximum Gasteiger partial charge on any atom is 0.416 e. The summed E-state index contributed by atoms with van der Waals surface area (Å²) in [4.78, 5) is 11.4. The second kappa shape index (κ2) is 6.45. The molecule has 1 amide bonds. The molecule has 0 unspecified atom stereocenters. The first-order chi connectivity index (χ1) is 8.82. The van der Waals surface area contributed by atoms with Gasteiger partial charge in [0.15, 0.2) is 0 Å². The van der Waals surface area contributed by atoms with Crippen LogP contribution in [0.2, 0.25) is 5.02 Å². The van der Waals surface area contributed by atoms with Crippen LogP contribution in [0.25, 0.3) is 0 Å². The van der Waals surface area contributed by atoms with Crippen LogP contribution in [0.15, 0.2) is 18.2 Å². The molecule has 0 bridgehead atoms. The Morgan fingerprint density at radius 2 is 2.05 bits per heavy atom. The van der Waals surface area contributed by atoms with Crippen LogP contribution in [-0.4, -0.2) is 19.0 Å². The number of carbonyl (C=O) groups excluding carboxylic acids is 1. The van der Waals surface area contributed by atoms with Gasteiger partial charge in [-0.15, -0.1) is 6.42 Å². The molecule has 2 N–H and O–H groups in total. The van der Waals surface area contributed by atoms with E-state index < -0.39 is 17.6 Å². The number of rotatable bonds is 4. The van der Waals surface area contributed by atoms with Gasteiger partial charge in [0.1, 0.15) is 0 Å². The molecule has 102 valence electrons. The zero-order chi connectivity index (χ0) is 14.5. The van der Waals surface area contributed by atoms with Crippen molar-refractivity contribution in [3.8, 4) is 12.3 Å². The summed E-state index contributed by atoms with van der Waals surface area (Å²) >= 11 is 5.57. The van der Waals surface area contributed by atoms with Crippen molar-refractivity contribution in [3.63, 3.8) is 0 Å². The first-order valence-electron chi connectivity index (χ1n) is 5.14. The van der Waals surface area contributed by atoms with Gasteiger partial charge in [-0.1, -0.05) is 17.5 Å². The van der Waals surface area contributed by atoms with E-state index >= 15 is 0 Å². The molecule has 0 atom stereocenters. The largest absolute Gasteiger partial charge is 0.416 e. The number of anilines is 1. The molecule has 0 aliphatic rings. The average Bonchev–Trinajstić information content (AvgIpc) is 2.27. The standard InChI is InChI=1S/C12H10ClF3N2O/c1-2-3-17-7-11(19)18-10-5-8(12(14,15)16)4-9(13)6-10/h1,4-6,17H,3,7H2,(H,18,19). The Kier molecular flexibility index (Phi) is 5.21. The minimum Gasteiger partial charge on any atom is -0.325 e. The van der Waals surface area contributed by atoms with Crippen LogP contribution in [0, 0.1) is 12.3 Å². The van der Waals surface area contributed by atoms with Crippen molar-refractivity contribution in [1.29, 1.82) is 0 Å². The maximum absolute atomic E-state index is 12.5. The van der Waals surface area contributed by atoms with Gasteiger partial charge >= 0.3 is 6.18 Å². The number of halogens is 4. The zero-order valence-corrected chi connectivity index (χ0v) is 10.4. The summed E-state index contributed by atoms with van der Waals surface area (Å²) in [5.41, 5.74) is -0.945. The minimum atomic E-state index is -4.52. The molecule has 1 rings (SSSR count). The summed E-state index contributed by atoms with van der Waals surface area (Å²) in [6.45, 7) is 0.0921. The van der Waals surface area contributed by atoms with E-state index in [1.54, 1.807) is 0 Å². The van der Waals surface area contributed by atoms with Crippen molar-refractivity contribution in [2.24, 2.45) is 0 Å². The Morgan fingerprint density at radius 3 is 2.63 bits per heavy atom. The van der Waals surface area contributed by atoms with Crippen LogP contribution in [0.3, 0.4) is 0 Å². The van der Waals surface area contributed by atoms with E-state index in [0.29, 0.717) is 0 Å². The first kappa shape index (κ1) is 15.3. The molecule has 0 aliphatic carbocycles. The normalized spacial score (nSPS) is 10.9. The summed E-state index contributed by atoms with van der Waals surface area (Å²) in [6, 6.07) is 2.83. The van der Waals surface area contributed by atoms with E-state index in [0.717, 1.165) is 12.1 Å². The van der Waals surface area contributed by atoms with Crippen molar-refractivity contribution in [2.45, 2.75) is 6.18 Å². The van der Waals surface area contributed by atoms with Crippen molar-refractivity contribution >= 4 is 23.2 Å². The molecule has 0 heterocycles. The van der Waals surface area contributed by atoms with Crippen LogP contribution in [-0.2, 0) is 11.0 Å². The number of carbonyl (C=O) groups is 1. The van der Waals surface area contributed by atoms with Gasteiger partial charge in [0.05, 0.1) is 18.7 Å². The Hall–Kier alpha value is -1.71. The molecule has 7 heteroatoms. The van der Waals surface area contributed by atoms with Gasteiger partial charge in [0, 0.05) is 10.7 Å². The monoisotopic (exact) mass is 290 g/mol. The fourth-order valence-corrected chi connectivity index (χ4v) is 1.51. The van der Waals surface area contributed by atoms with Gasteiger partial charge < -0.3 is 5.32 Å². The third-order valence-electron chi connectivity index (χ3n) is 2.02. The molecule has 0 saturated heterocycles. The number of amides is 1. The van der Waals surface area contributed by atoms with Gasteiger partial charge in [-0.05, 0) is 18.2 Å². The predicted octanol–water partition coefficient (Wildman–Crippen LogP) is 2.52.